The molecule has 7 rings (SSSR count). The lowest BCUT2D eigenvalue weighted by Gasteiger charge is -2.38. The number of thiazole rings is 1. The number of esters is 2. The average Bonchev–Trinajstić information content (AvgIpc) is 4.10. The molecule has 1 aromatic carbocycles. The van der Waals surface area contributed by atoms with Gasteiger partial charge in [-0.15, -0.1) is 11.3 Å². The second-order valence-corrected chi connectivity index (χ2v) is 15.9. The molecule has 4 amide bonds. The number of benzene rings is 1. The number of amides is 4. The number of nitrogens with one attached hydrogen (secondary N) is 2. The van der Waals surface area contributed by atoms with Crippen molar-refractivity contribution < 1.29 is 61.9 Å². The molecular formula is C43H49N7O13S. The van der Waals surface area contributed by atoms with Gasteiger partial charge in [0.05, 0.1) is 43.8 Å². The highest BCUT2D eigenvalue weighted by Crippen LogP contribution is 2.43. The van der Waals surface area contributed by atoms with Crippen molar-refractivity contribution in [1.82, 2.24) is 19.0 Å². The second kappa shape index (κ2) is 20.2. The summed E-state index contributed by atoms with van der Waals surface area (Å²) in [6.45, 7) is 4.66. The van der Waals surface area contributed by atoms with Gasteiger partial charge in [-0.2, -0.15) is 0 Å². The molecule has 0 spiro atoms. The van der Waals surface area contributed by atoms with Gasteiger partial charge < -0.3 is 57.8 Å². The summed E-state index contributed by atoms with van der Waals surface area (Å²) in [4.78, 5) is 86.1. The highest BCUT2D eigenvalue weighted by molar-refractivity contribution is 7.14. The van der Waals surface area contributed by atoms with E-state index < -0.39 is 42.5 Å². The van der Waals surface area contributed by atoms with Crippen LogP contribution in [-0.2, 0) is 37.8 Å². The largest absolute Gasteiger partial charge is 0.493 e. The first-order chi connectivity index (χ1) is 30.9. The molecule has 2 unspecified atom stereocenters. The van der Waals surface area contributed by atoms with Gasteiger partial charge >= 0.3 is 18.0 Å². The summed E-state index contributed by atoms with van der Waals surface area (Å²) in [6, 6.07) is 5.45. The van der Waals surface area contributed by atoms with Crippen LogP contribution in [0.1, 0.15) is 86.8 Å². The number of aromatic nitrogens is 3. The molecule has 3 aromatic heterocycles. The fourth-order valence-electron chi connectivity index (χ4n) is 7.64. The number of nitrogens with zero attached hydrogens (tertiary/aromatic N) is 5. The number of carbonyl (C=O) groups is 6. The zero-order valence-corrected chi connectivity index (χ0v) is 36.6. The van der Waals surface area contributed by atoms with E-state index in [4.69, 9.17) is 33.2 Å². The number of anilines is 3. The summed E-state index contributed by atoms with van der Waals surface area (Å²) in [5, 5.41) is 7.06. The third-order valence-electron chi connectivity index (χ3n) is 10.7. The van der Waals surface area contributed by atoms with Crippen molar-refractivity contribution in [2.45, 2.75) is 63.5 Å². The van der Waals surface area contributed by atoms with E-state index in [0.29, 0.717) is 31.7 Å². The average molecular weight is 904 g/mol. The Labute approximate surface area is 371 Å². The molecule has 2 fully saturated rings. The van der Waals surface area contributed by atoms with E-state index in [2.05, 4.69) is 22.2 Å². The summed E-state index contributed by atoms with van der Waals surface area (Å²) in [7, 11) is 5.90. The summed E-state index contributed by atoms with van der Waals surface area (Å²) in [5.41, 5.74) is 1.09. The standard InChI is InChI=1S/C43H49N7O13S/c1-6-15-61-43(56)50-30-21-34(33(57-4)20-27(30)38(53)49-14-9-11-29(49)39(50)63-36-13-7-8-16-60-36)59-17-10-12-35(51)46-42-45-28(24-64-42)37(52)44-25-18-31(47(2)22-25)41(55)62-26-19-32(40(54)58-5)48(3)23-26/h6,18-24,29,36,39H,1,7-17H2,2-5H3,(H,44,52)(H,45,46,51)/t29-,36?,39?/m0/s1. The first-order valence-electron chi connectivity index (χ1n) is 20.6. The summed E-state index contributed by atoms with van der Waals surface area (Å²) < 4.78 is 42.8. The minimum atomic E-state index is -0.913. The van der Waals surface area contributed by atoms with Crippen LogP contribution in [0.25, 0.3) is 0 Å². The van der Waals surface area contributed by atoms with Gasteiger partial charge in [0, 0.05) is 63.6 Å². The maximum atomic E-state index is 14.1. The van der Waals surface area contributed by atoms with Crippen molar-refractivity contribution >= 4 is 63.6 Å². The number of hydrogen-bond acceptors (Lipinski definition) is 15. The third-order valence-corrected chi connectivity index (χ3v) is 11.5. The Morgan fingerprint density at radius 3 is 2.52 bits per heavy atom. The molecule has 3 aliphatic heterocycles. The Morgan fingerprint density at radius 2 is 1.77 bits per heavy atom. The zero-order chi connectivity index (χ0) is 45.5. The molecule has 2 N–H and O–H groups in total. The van der Waals surface area contributed by atoms with Crippen LogP contribution >= 0.6 is 11.3 Å². The minimum Gasteiger partial charge on any atom is -0.493 e. The number of aryl methyl sites for hydroxylation is 2. The fraction of sp³-hybridized carbons (Fsp3) is 0.419. The van der Waals surface area contributed by atoms with E-state index in [1.807, 2.05) is 0 Å². The molecule has 0 bridgehead atoms. The van der Waals surface area contributed by atoms with Gasteiger partial charge in [-0.25, -0.2) is 24.3 Å². The van der Waals surface area contributed by atoms with Crippen LogP contribution in [0.2, 0.25) is 0 Å². The molecule has 3 atom stereocenters. The lowest BCUT2D eigenvalue weighted by atomic mass is 10.1. The predicted molar refractivity (Wildman–Crippen MR) is 230 cm³/mol. The quantitative estimate of drug-likeness (QED) is 0.0806. The van der Waals surface area contributed by atoms with E-state index in [9.17, 15) is 28.8 Å². The molecule has 0 saturated carbocycles. The van der Waals surface area contributed by atoms with Crippen molar-refractivity contribution in [2.75, 3.05) is 56.1 Å². The molecule has 0 radical (unpaired) electrons. The van der Waals surface area contributed by atoms with E-state index in [0.717, 1.165) is 30.6 Å². The van der Waals surface area contributed by atoms with Crippen LogP contribution in [0.3, 0.4) is 0 Å². The molecular weight excluding hydrogens is 855 g/mol. The Kier molecular flexibility index (Phi) is 14.3. The van der Waals surface area contributed by atoms with Crippen molar-refractivity contribution in [2.24, 2.45) is 14.1 Å². The number of rotatable bonds is 16. The van der Waals surface area contributed by atoms with Gasteiger partial charge in [-0.1, -0.05) is 12.7 Å². The van der Waals surface area contributed by atoms with Crippen LogP contribution in [0, 0.1) is 0 Å². The monoisotopic (exact) mass is 903 g/mol. The lowest BCUT2D eigenvalue weighted by molar-refractivity contribution is -0.195. The van der Waals surface area contributed by atoms with Crippen molar-refractivity contribution in [3.63, 3.8) is 0 Å². The second-order valence-electron chi connectivity index (χ2n) is 15.1. The van der Waals surface area contributed by atoms with Gasteiger partial charge in [-0.05, 0) is 50.7 Å². The van der Waals surface area contributed by atoms with Gasteiger partial charge in [0.25, 0.3) is 11.8 Å². The maximum absolute atomic E-state index is 14.1. The van der Waals surface area contributed by atoms with Crippen LogP contribution in [0.15, 0.2) is 54.7 Å². The van der Waals surface area contributed by atoms with E-state index in [-0.39, 0.29) is 88.6 Å². The van der Waals surface area contributed by atoms with Crippen molar-refractivity contribution in [3.8, 4) is 17.2 Å². The Hall–Kier alpha value is -6.71. The van der Waals surface area contributed by atoms with Crippen LogP contribution < -0.4 is 29.7 Å². The summed E-state index contributed by atoms with van der Waals surface area (Å²) in [5.74, 6) is -1.93. The lowest BCUT2D eigenvalue weighted by Crippen LogP contribution is -2.54. The summed E-state index contributed by atoms with van der Waals surface area (Å²) >= 11 is 1.06. The normalized spacial score (nSPS) is 18.0. The Morgan fingerprint density at radius 1 is 0.969 bits per heavy atom. The molecule has 20 nitrogen and oxygen atoms in total. The maximum Gasteiger partial charge on any atom is 0.416 e. The predicted octanol–water partition coefficient (Wildman–Crippen LogP) is 5.50. The zero-order valence-electron chi connectivity index (χ0n) is 35.8. The smallest absolute Gasteiger partial charge is 0.416 e. The molecule has 4 aromatic rings. The van der Waals surface area contributed by atoms with E-state index in [1.165, 1.54) is 64.2 Å². The van der Waals surface area contributed by atoms with Crippen LogP contribution in [-0.4, -0.2) is 114 Å². The Bertz CT molecular complexity index is 2420. The number of methoxy groups -OCH3 is 2. The van der Waals surface area contributed by atoms with E-state index >= 15 is 0 Å². The van der Waals surface area contributed by atoms with Gasteiger partial charge in [0.15, 0.2) is 29.1 Å². The van der Waals surface area contributed by atoms with Crippen LogP contribution in [0.4, 0.5) is 21.3 Å². The molecule has 3 aliphatic rings. The van der Waals surface area contributed by atoms with E-state index in [1.54, 1.807) is 31.1 Å². The van der Waals surface area contributed by atoms with Crippen LogP contribution in [0.5, 0.6) is 17.2 Å². The number of hydrogen-bond donors (Lipinski definition) is 2. The van der Waals surface area contributed by atoms with Crippen molar-refractivity contribution in [1.29, 1.82) is 0 Å². The fourth-order valence-corrected chi connectivity index (χ4v) is 8.35. The number of carbonyl (C=O) groups excluding carboxylic acids is 6. The van der Waals surface area contributed by atoms with Gasteiger partial charge in [-0.3, -0.25) is 14.4 Å². The third kappa shape index (κ3) is 10.1. The molecule has 0 aliphatic carbocycles. The number of ether oxygens (including phenoxy) is 7. The molecule has 64 heavy (non-hydrogen) atoms. The molecule has 21 heteroatoms. The molecule has 2 saturated heterocycles. The van der Waals surface area contributed by atoms with Gasteiger partial charge in [0.1, 0.15) is 29.4 Å². The topological polar surface area (TPSA) is 220 Å². The van der Waals surface area contributed by atoms with Gasteiger partial charge in [0.2, 0.25) is 5.91 Å². The SMILES string of the molecule is C=CCOC(=O)N1c2cc(OCCCC(=O)Nc3nc(C(=O)Nc4cc(C(=O)Oc5cc(C(=O)OC)n(C)c5)n(C)c4)cs3)c(OC)cc2C(=O)N2CCC[C@H]2C1OC1CCCCO1. The molecule has 6 heterocycles. The molecule has 340 valence electrons. The minimum absolute atomic E-state index is 0.0245. The summed E-state index contributed by atoms with van der Waals surface area (Å²) in [6.07, 6.45) is 6.28. The first kappa shape index (κ1) is 45.3. The van der Waals surface area contributed by atoms with Crippen molar-refractivity contribution in [3.05, 3.63) is 77.3 Å². The Balaban J connectivity index is 0.961. The first-order valence-corrected chi connectivity index (χ1v) is 21.5. The number of fused-ring (bicyclic) bond motifs is 2. The highest BCUT2D eigenvalue weighted by Gasteiger charge is 2.48. The highest BCUT2D eigenvalue weighted by atomic mass is 32.1.